The minimum atomic E-state index is -4.41. The molecule has 0 spiro atoms. The number of hydrogen-bond acceptors (Lipinski definition) is 7. The molecule has 4 rings (SSSR count). The summed E-state index contributed by atoms with van der Waals surface area (Å²) in [5, 5.41) is 12.0. The fourth-order valence-corrected chi connectivity index (χ4v) is 3.42. The SMILES string of the molecule is Cc1cnc(Nc2ccc(-c3csnn3)cc2)nc1NCc1ccccc1C(F)(F)F. The molecule has 6 nitrogen and oxygen atoms in total. The van der Waals surface area contributed by atoms with E-state index in [-0.39, 0.29) is 12.1 Å². The van der Waals surface area contributed by atoms with Crippen molar-refractivity contribution in [1.29, 1.82) is 0 Å². The van der Waals surface area contributed by atoms with Gasteiger partial charge in [-0.2, -0.15) is 18.2 Å². The number of halogens is 3. The third kappa shape index (κ3) is 4.97. The maximum atomic E-state index is 13.2. The van der Waals surface area contributed by atoms with E-state index >= 15 is 0 Å². The summed E-state index contributed by atoms with van der Waals surface area (Å²) in [5.41, 5.74) is 2.71. The molecule has 0 bridgehead atoms. The van der Waals surface area contributed by atoms with Crippen LogP contribution in [0.3, 0.4) is 0 Å². The normalized spacial score (nSPS) is 11.4. The van der Waals surface area contributed by atoms with Crippen molar-refractivity contribution in [2.75, 3.05) is 10.6 Å². The van der Waals surface area contributed by atoms with Crippen molar-refractivity contribution in [3.05, 3.63) is 76.8 Å². The molecule has 31 heavy (non-hydrogen) atoms. The highest BCUT2D eigenvalue weighted by molar-refractivity contribution is 7.03. The van der Waals surface area contributed by atoms with E-state index in [4.69, 9.17) is 0 Å². The molecule has 0 atom stereocenters. The molecule has 0 aliphatic carbocycles. The van der Waals surface area contributed by atoms with Crippen molar-refractivity contribution in [3.63, 3.8) is 0 Å². The average molecular weight is 442 g/mol. The Bertz CT molecular complexity index is 1160. The summed E-state index contributed by atoms with van der Waals surface area (Å²) in [5.74, 6) is 0.792. The molecular weight excluding hydrogens is 425 g/mol. The first-order valence-electron chi connectivity index (χ1n) is 9.27. The third-order valence-corrected chi connectivity index (χ3v) is 5.04. The van der Waals surface area contributed by atoms with Crippen molar-refractivity contribution in [2.24, 2.45) is 0 Å². The second-order valence-corrected chi connectivity index (χ2v) is 7.34. The summed E-state index contributed by atoms with van der Waals surface area (Å²) in [6, 6.07) is 13.0. The topological polar surface area (TPSA) is 75.6 Å². The Kier molecular flexibility index (Phi) is 5.81. The standard InChI is InChI=1S/C21H17F3N6S/c1-13-10-26-20(27-16-8-6-14(7-9-16)18-12-31-30-29-18)28-19(13)25-11-15-4-2-3-5-17(15)21(22,23)24/h2-10,12H,11H2,1H3,(H2,25,26,27,28). The molecule has 2 aromatic heterocycles. The highest BCUT2D eigenvalue weighted by atomic mass is 32.1. The number of nitrogens with zero attached hydrogens (tertiary/aromatic N) is 4. The zero-order valence-corrected chi connectivity index (χ0v) is 17.1. The monoisotopic (exact) mass is 442 g/mol. The van der Waals surface area contributed by atoms with Crippen LogP contribution in [0, 0.1) is 6.92 Å². The van der Waals surface area contributed by atoms with Crippen LogP contribution in [0.4, 0.5) is 30.6 Å². The molecule has 0 aliphatic rings. The Morgan fingerprint density at radius 2 is 1.81 bits per heavy atom. The van der Waals surface area contributed by atoms with Crippen LogP contribution < -0.4 is 10.6 Å². The van der Waals surface area contributed by atoms with Gasteiger partial charge in [0.05, 0.1) is 5.56 Å². The number of aromatic nitrogens is 4. The molecule has 10 heteroatoms. The van der Waals surface area contributed by atoms with Crippen molar-refractivity contribution < 1.29 is 13.2 Å². The van der Waals surface area contributed by atoms with Gasteiger partial charge >= 0.3 is 6.18 Å². The molecule has 0 fully saturated rings. The van der Waals surface area contributed by atoms with Gasteiger partial charge in [-0.3, -0.25) is 0 Å². The lowest BCUT2D eigenvalue weighted by Gasteiger charge is -2.15. The van der Waals surface area contributed by atoms with E-state index in [1.807, 2.05) is 29.6 Å². The van der Waals surface area contributed by atoms with Gasteiger partial charge in [0.2, 0.25) is 5.95 Å². The summed E-state index contributed by atoms with van der Waals surface area (Å²) in [6.45, 7) is 1.78. The molecule has 2 heterocycles. The molecule has 2 N–H and O–H groups in total. The quantitative estimate of drug-likeness (QED) is 0.400. The van der Waals surface area contributed by atoms with E-state index < -0.39 is 11.7 Å². The molecule has 0 amide bonds. The van der Waals surface area contributed by atoms with Crippen LogP contribution in [0.2, 0.25) is 0 Å². The smallest absolute Gasteiger partial charge is 0.366 e. The van der Waals surface area contributed by atoms with Crippen molar-refractivity contribution >= 4 is 29.0 Å². The van der Waals surface area contributed by atoms with E-state index in [0.29, 0.717) is 11.8 Å². The van der Waals surface area contributed by atoms with Crippen molar-refractivity contribution in [2.45, 2.75) is 19.6 Å². The minimum Gasteiger partial charge on any atom is -0.366 e. The van der Waals surface area contributed by atoms with Gasteiger partial charge in [-0.05, 0) is 42.2 Å². The zero-order chi connectivity index (χ0) is 21.8. The Hall–Kier alpha value is -3.53. The second kappa shape index (κ2) is 8.68. The van der Waals surface area contributed by atoms with Gasteiger partial charge in [0.1, 0.15) is 11.5 Å². The van der Waals surface area contributed by atoms with Crippen molar-refractivity contribution in [1.82, 2.24) is 19.6 Å². The highest BCUT2D eigenvalue weighted by Crippen LogP contribution is 2.32. The van der Waals surface area contributed by atoms with Gasteiger partial charge in [0.15, 0.2) is 0 Å². The number of benzene rings is 2. The van der Waals surface area contributed by atoms with Crippen LogP contribution in [0.1, 0.15) is 16.7 Å². The Morgan fingerprint density at radius 3 is 2.52 bits per heavy atom. The van der Waals surface area contributed by atoms with Gasteiger partial charge in [-0.15, -0.1) is 5.10 Å². The molecule has 2 aromatic carbocycles. The van der Waals surface area contributed by atoms with E-state index in [0.717, 1.165) is 28.6 Å². The lowest BCUT2D eigenvalue weighted by molar-refractivity contribution is -0.138. The largest absolute Gasteiger partial charge is 0.416 e. The van der Waals surface area contributed by atoms with Crippen LogP contribution in [-0.2, 0) is 12.7 Å². The first kappa shape index (κ1) is 20.7. The number of hydrogen-bond donors (Lipinski definition) is 2. The molecule has 158 valence electrons. The summed E-state index contributed by atoms with van der Waals surface area (Å²) >= 11 is 1.28. The van der Waals surface area contributed by atoms with Crippen molar-refractivity contribution in [3.8, 4) is 11.3 Å². The fraction of sp³-hybridized carbons (Fsp3) is 0.143. The van der Waals surface area contributed by atoms with Crippen LogP contribution in [0.25, 0.3) is 11.3 Å². The summed E-state index contributed by atoms with van der Waals surface area (Å²) < 4.78 is 43.5. The number of nitrogens with one attached hydrogen (secondary N) is 2. The fourth-order valence-electron chi connectivity index (χ4n) is 2.95. The van der Waals surface area contributed by atoms with Gasteiger partial charge in [0.25, 0.3) is 0 Å². The van der Waals surface area contributed by atoms with Crippen LogP contribution in [0.15, 0.2) is 60.1 Å². The van der Waals surface area contributed by atoms with Gasteiger partial charge in [0, 0.05) is 34.9 Å². The Morgan fingerprint density at radius 1 is 1.03 bits per heavy atom. The first-order valence-corrected chi connectivity index (χ1v) is 10.1. The number of anilines is 3. The third-order valence-electron chi connectivity index (χ3n) is 4.54. The summed E-state index contributed by atoms with van der Waals surface area (Å²) in [6.07, 6.45) is -2.80. The minimum absolute atomic E-state index is 0.0106. The van der Waals surface area contributed by atoms with Crippen LogP contribution >= 0.6 is 11.5 Å². The molecule has 0 saturated heterocycles. The lowest BCUT2D eigenvalue weighted by atomic mass is 10.1. The average Bonchev–Trinajstić information content (AvgIpc) is 3.29. The summed E-state index contributed by atoms with van der Waals surface area (Å²) in [7, 11) is 0. The number of rotatable bonds is 6. The predicted molar refractivity (Wildman–Crippen MR) is 114 cm³/mol. The number of aryl methyl sites for hydroxylation is 1. The van der Waals surface area contributed by atoms with Gasteiger partial charge in [-0.1, -0.05) is 34.8 Å². The Labute approximate surface area is 180 Å². The van der Waals surface area contributed by atoms with Gasteiger partial charge in [-0.25, -0.2) is 4.98 Å². The second-order valence-electron chi connectivity index (χ2n) is 6.73. The van der Waals surface area contributed by atoms with Gasteiger partial charge < -0.3 is 10.6 Å². The summed E-state index contributed by atoms with van der Waals surface area (Å²) in [4.78, 5) is 8.67. The molecule has 0 aliphatic heterocycles. The van der Waals surface area contributed by atoms with E-state index in [2.05, 4.69) is 30.2 Å². The van der Waals surface area contributed by atoms with E-state index in [9.17, 15) is 13.2 Å². The molecule has 4 aromatic rings. The zero-order valence-electron chi connectivity index (χ0n) is 16.3. The molecule has 0 saturated carbocycles. The lowest BCUT2D eigenvalue weighted by Crippen LogP contribution is -2.13. The number of alkyl halides is 3. The Balaban J connectivity index is 1.48. The van der Waals surface area contributed by atoms with E-state index in [1.54, 1.807) is 19.2 Å². The van der Waals surface area contributed by atoms with E-state index in [1.165, 1.54) is 23.7 Å². The maximum Gasteiger partial charge on any atom is 0.416 e. The van der Waals surface area contributed by atoms with Crippen LogP contribution in [0.5, 0.6) is 0 Å². The molecule has 0 radical (unpaired) electrons. The molecular formula is C21H17F3N6S. The van der Waals surface area contributed by atoms with Crippen LogP contribution in [-0.4, -0.2) is 19.6 Å². The molecule has 0 unspecified atom stereocenters. The predicted octanol–water partition coefficient (Wildman–Crippen LogP) is 5.68. The maximum absolute atomic E-state index is 13.2. The highest BCUT2D eigenvalue weighted by Gasteiger charge is 2.32. The first-order chi connectivity index (χ1) is 14.9.